The van der Waals surface area contributed by atoms with E-state index in [1.807, 2.05) is 63.2 Å². The first-order valence-corrected chi connectivity index (χ1v) is 14.0. The number of aryl methyl sites for hydroxylation is 2. The van der Waals surface area contributed by atoms with Crippen LogP contribution in [0.1, 0.15) is 29.6 Å². The SMILES string of the molecule is CCOC(=O)[C@H]1CN(c2nccc(C)n2)C[C@H]1Cc1ccc(OCCc2nc(-c3ccc(OC)cc3)oc2C)cc1. The van der Waals surface area contributed by atoms with Crippen LogP contribution in [0, 0.1) is 25.7 Å². The van der Waals surface area contributed by atoms with Gasteiger partial charge in [0.1, 0.15) is 17.3 Å². The van der Waals surface area contributed by atoms with E-state index in [9.17, 15) is 4.79 Å². The van der Waals surface area contributed by atoms with Crippen molar-refractivity contribution in [2.75, 3.05) is 38.3 Å². The molecule has 1 aliphatic heterocycles. The maximum atomic E-state index is 12.8. The molecule has 9 heteroatoms. The van der Waals surface area contributed by atoms with Gasteiger partial charge >= 0.3 is 5.97 Å². The van der Waals surface area contributed by atoms with Crippen molar-refractivity contribution < 1.29 is 23.4 Å². The molecule has 0 saturated carbocycles. The number of ether oxygens (including phenoxy) is 3. The highest BCUT2D eigenvalue weighted by Gasteiger charge is 2.39. The summed E-state index contributed by atoms with van der Waals surface area (Å²) in [4.78, 5) is 28.5. The number of esters is 1. The van der Waals surface area contributed by atoms with E-state index in [1.54, 1.807) is 13.3 Å². The monoisotopic (exact) mass is 556 g/mol. The zero-order valence-corrected chi connectivity index (χ0v) is 24.0. The van der Waals surface area contributed by atoms with Crippen molar-refractivity contribution in [1.82, 2.24) is 15.0 Å². The van der Waals surface area contributed by atoms with Crippen molar-refractivity contribution in [3.05, 3.63) is 83.5 Å². The Bertz CT molecular complexity index is 1450. The van der Waals surface area contributed by atoms with Gasteiger partial charge in [0.2, 0.25) is 11.8 Å². The minimum atomic E-state index is -0.233. The van der Waals surface area contributed by atoms with E-state index in [0.717, 1.165) is 46.2 Å². The second-order valence-electron chi connectivity index (χ2n) is 10.2. The maximum Gasteiger partial charge on any atom is 0.311 e. The highest BCUT2D eigenvalue weighted by Crippen LogP contribution is 2.31. The number of aromatic nitrogens is 3. The van der Waals surface area contributed by atoms with Gasteiger partial charge in [-0.05, 0) is 81.1 Å². The minimum Gasteiger partial charge on any atom is -0.497 e. The van der Waals surface area contributed by atoms with E-state index in [4.69, 9.17) is 18.6 Å². The third-order valence-corrected chi connectivity index (χ3v) is 7.35. The lowest BCUT2D eigenvalue weighted by Crippen LogP contribution is -2.27. The molecule has 0 radical (unpaired) electrons. The third kappa shape index (κ3) is 6.85. The van der Waals surface area contributed by atoms with Gasteiger partial charge in [-0.1, -0.05) is 12.1 Å². The van der Waals surface area contributed by atoms with Crippen molar-refractivity contribution in [2.24, 2.45) is 11.8 Å². The number of benzene rings is 2. The summed E-state index contributed by atoms with van der Waals surface area (Å²) >= 11 is 0. The molecule has 0 bridgehead atoms. The molecule has 1 aliphatic rings. The molecule has 3 heterocycles. The van der Waals surface area contributed by atoms with Gasteiger partial charge in [-0.2, -0.15) is 0 Å². The molecule has 1 fully saturated rings. The highest BCUT2D eigenvalue weighted by atomic mass is 16.5. The summed E-state index contributed by atoms with van der Waals surface area (Å²) in [6.45, 7) is 7.79. The van der Waals surface area contributed by atoms with Crippen molar-refractivity contribution in [2.45, 2.75) is 33.6 Å². The Kier molecular flexibility index (Phi) is 8.82. The summed E-state index contributed by atoms with van der Waals surface area (Å²) in [7, 11) is 1.64. The number of rotatable bonds is 11. The molecule has 0 amide bonds. The molecular formula is C32H36N4O5. The van der Waals surface area contributed by atoms with Crippen LogP contribution in [-0.2, 0) is 22.4 Å². The number of hydrogen-bond acceptors (Lipinski definition) is 9. The number of nitrogens with zero attached hydrogens (tertiary/aromatic N) is 4. The van der Waals surface area contributed by atoms with Crippen LogP contribution in [0.15, 0.2) is 65.2 Å². The number of carbonyl (C=O) groups is 1. The number of anilines is 1. The normalized spacial score (nSPS) is 16.5. The fourth-order valence-electron chi connectivity index (χ4n) is 5.15. The summed E-state index contributed by atoms with van der Waals surface area (Å²) in [5.41, 5.74) is 3.82. The van der Waals surface area contributed by atoms with E-state index in [2.05, 4.69) is 32.0 Å². The first kappa shape index (κ1) is 28.1. The average molecular weight is 557 g/mol. The van der Waals surface area contributed by atoms with Gasteiger partial charge in [0.15, 0.2) is 0 Å². The fourth-order valence-corrected chi connectivity index (χ4v) is 5.15. The largest absolute Gasteiger partial charge is 0.497 e. The first-order chi connectivity index (χ1) is 19.9. The Hall–Kier alpha value is -4.40. The number of oxazole rings is 1. The molecule has 2 aromatic carbocycles. The van der Waals surface area contributed by atoms with Gasteiger partial charge in [0, 0.05) is 37.0 Å². The van der Waals surface area contributed by atoms with E-state index in [-0.39, 0.29) is 17.8 Å². The summed E-state index contributed by atoms with van der Waals surface area (Å²) in [5.74, 6) is 3.31. The lowest BCUT2D eigenvalue weighted by Gasteiger charge is -2.17. The zero-order valence-electron chi connectivity index (χ0n) is 24.0. The van der Waals surface area contributed by atoms with E-state index in [0.29, 0.717) is 44.6 Å². The van der Waals surface area contributed by atoms with Crippen molar-refractivity contribution >= 4 is 11.9 Å². The fraction of sp³-hybridized carbons (Fsp3) is 0.375. The van der Waals surface area contributed by atoms with Crippen LogP contribution < -0.4 is 14.4 Å². The van der Waals surface area contributed by atoms with Crippen molar-refractivity contribution in [3.8, 4) is 23.0 Å². The zero-order chi connectivity index (χ0) is 28.8. The lowest BCUT2D eigenvalue weighted by atomic mass is 9.90. The molecule has 1 saturated heterocycles. The molecule has 214 valence electrons. The van der Waals surface area contributed by atoms with Gasteiger partial charge in [-0.25, -0.2) is 15.0 Å². The van der Waals surface area contributed by atoms with Gasteiger partial charge < -0.3 is 23.5 Å². The van der Waals surface area contributed by atoms with Crippen LogP contribution in [-0.4, -0.2) is 54.3 Å². The maximum absolute atomic E-state index is 12.8. The molecule has 41 heavy (non-hydrogen) atoms. The average Bonchev–Trinajstić information content (AvgIpc) is 3.57. The van der Waals surface area contributed by atoms with Crippen LogP contribution in [0.4, 0.5) is 5.95 Å². The summed E-state index contributed by atoms with van der Waals surface area (Å²) < 4.78 is 22.5. The van der Waals surface area contributed by atoms with Gasteiger partial charge in [0.05, 0.1) is 31.9 Å². The molecule has 5 rings (SSSR count). The number of carbonyl (C=O) groups excluding carboxylic acids is 1. The standard InChI is InChI=1S/C32H36N4O5/c1-5-39-31(37)28-20-36(32-33-16-14-21(2)34-32)19-25(28)18-23-6-10-27(11-7-23)40-17-15-29-22(3)41-30(35-29)24-8-12-26(38-4)13-9-24/h6-14,16,25,28H,5,15,17-20H2,1-4H3/t25-,28+/m1/s1. The molecule has 0 spiro atoms. The smallest absolute Gasteiger partial charge is 0.311 e. The molecule has 2 aromatic heterocycles. The predicted molar refractivity (Wildman–Crippen MR) is 155 cm³/mol. The second kappa shape index (κ2) is 12.8. The molecule has 0 unspecified atom stereocenters. The first-order valence-electron chi connectivity index (χ1n) is 14.0. The molecule has 2 atom stereocenters. The summed E-state index contributed by atoms with van der Waals surface area (Å²) in [6, 6.07) is 17.6. The Labute approximate surface area is 240 Å². The lowest BCUT2D eigenvalue weighted by molar-refractivity contribution is -0.148. The van der Waals surface area contributed by atoms with Crippen LogP contribution in [0.2, 0.25) is 0 Å². The number of hydrogen-bond donors (Lipinski definition) is 0. The Morgan fingerprint density at radius 2 is 1.76 bits per heavy atom. The van der Waals surface area contributed by atoms with Crippen LogP contribution >= 0.6 is 0 Å². The number of methoxy groups -OCH3 is 1. The van der Waals surface area contributed by atoms with Crippen molar-refractivity contribution in [3.63, 3.8) is 0 Å². The van der Waals surface area contributed by atoms with Crippen LogP contribution in [0.5, 0.6) is 11.5 Å². The molecule has 0 N–H and O–H groups in total. The highest BCUT2D eigenvalue weighted by molar-refractivity contribution is 5.74. The molecular weight excluding hydrogens is 520 g/mol. The van der Waals surface area contributed by atoms with Gasteiger partial charge in [-0.15, -0.1) is 0 Å². The molecule has 9 nitrogen and oxygen atoms in total. The Balaban J connectivity index is 1.17. The van der Waals surface area contributed by atoms with Gasteiger partial charge in [-0.3, -0.25) is 4.79 Å². The van der Waals surface area contributed by atoms with E-state index < -0.39 is 0 Å². The summed E-state index contributed by atoms with van der Waals surface area (Å²) in [6.07, 6.45) is 3.14. The van der Waals surface area contributed by atoms with Crippen LogP contribution in [0.3, 0.4) is 0 Å². The summed E-state index contributed by atoms with van der Waals surface area (Å²) in [5, 5.41) is 0. The van der Waals surface area contributed by atoms with E-state index in [1.165, 1.54) is 0 Å². The topological polar surface area (TPSA) is 99.8 Å². The predicted octanol–water partition coefficient (Wildman–Crippen LogP) is 5.24. The van der Waals surface area contributed by atoms with E-state index >= 15 is 0 Å². The molecule has 4 aromatic rings. The molecule has 0 aliphatic carbocycles. The second-order valence-corrected chi connectivity index (χ2v) is 10.2. The van der Waals surface area contributed by atoms with Crippen molar-refractivity contribution in [1.29, 1.82) is 0 Å². The minimum absolute atomic E-state index is 0.0972. The van der Waals surface area contributed by atoms with Gasteiger partial charge in [0.25, 0.3) is 0 Å². The Morgan fingerprint density at radius 1 is 1.00 bits per heavy atom. The van der Waals surface area contributed by atoms with Crippen LogP contribution in [0.25, 0.3) is 11.5 Å². The Morgan fingerprint density at radius 3 is 2.46 bits per heavy atom. The third-order valence-electron chi connectivity index (χ3n) is 7.35. The quantitative estimate of drug-likeness (QED) is 0.230.